The zero-order valence-electron chi connectivity index (χ0n) is 11.5. The van der Waals surface area contributed by atoms with Crippen LogP contribution in [0.3, 0.4) is 0 Å². The molecular formula is C15H26N2O. The van der Waals surface area contributed by atoms with Crippen LogP contribution in [-0.2, 0) is 4.79 Å². The van der Waals surface area contributed by atoms with Gasteiger partial charge in [-0.25, -0.2) is 0 Å². The van der Waals surface area contributed by atoms with Crippen LogP contribution in [0.25, 0.3) is 0 Å². The standard InChI is InChI=1S/C15H26N2O/c1-2-10-17(14-8-5-9-16-12-14)15(18)11-13-6-3-4-7-13/h3,6,13-14,16H,2,4-5,7-12H2,1H3. The first-order chi connectivity index (χ1) is 8.81. The van der Waals surface area contributed by atoms with Crippen LogP contribution in [0.1, 0.15) is 45.4 Å². The van der Waals surface area contributed by atoms with Gasteiger partial charge in [-0.3, -0.25) is 4.79 Å². The number of hydrogen-bond acceptors (Lipinski definition) is 2. The van der Waals surface area contributed by atoms with Crippen LogP contribution in [0.5, 0.6) is 0 Å². The minimum absolute atomic E-state index is 0.363. The number of piperidine rings is 1. The molecule has 3 nitrogen and oxygen atoms in total. The van der Waals surface area contributed by atoms with Crippen molar-refractivity contribution in [2.75, 3.05) is 19.6 Å². The molecule has 3 heteroatoms. The van der Waals surface area contributed by atoms with E-state index in [4.69, 9.17) is 0 Å². The molecule has 102 valence electrons. The van der Waals surface area contributed by atoms with Crippen LogP contribution in [0.15, 0.2) is 12.2 Å². The van der Waals surface area contributed by atoms with Crippen LogP contribution < -0.4 is 5.32 Å². The van der Waals surface area contributed by atoms with Gasteiger partial charge in [0, 0.05) is 25.6 Å². The molecule has 2 aliphatic rings. The Bertz CT molecular complexity index is 295. The minimum Gasteiger partial charge on any atom is -0.338 e. The van der Waals surface area contributed by atoms with Crippen molar-refractivity contribution in [1.29, 1.82) is 0 Å². The summed E-state index contributed by atoms with van der Waals surface area (Å²) in [5.74, 6) is 0.857. The Morgan fingerprint density at radius 1 is 1.44 bits per heavy atom. The molecule has 1 aliphatic heterocycles. The number of carbonyl (C=O) groups excluding carboxylic acids is 1. The lowest BCUT2D eigenvalue weighted by Gasteiger charge is -2.35. The molecular weight excluding hydrogens is 224 g/mol. The van der Waals surface area contributed by atoms with Gasteiger partial charge in [-0.1, -0.05) is 19.1 Å². The Balaban J connectivity index is 1.90. The molecule has 0 aromatic rings. The van der Waals surface area contributed by atoms with Crippen molar-refractivity contribution in [3.63, 3.8) is 0 Å². The average molecular weight is 250 g/mol. The van der Waals surface area contributed by atoms with E-state index in [1.807, 2.05) is 0 Å². The third-order valence-corrected chi connectivity index (χ3v) is 4.05. The SMILES string of the molecule is CCCN(C(=O)CC1C=CCC1)C1CCCNC1. The molecule has 0 aromatic carbocycles. The molecule has 1 fully saturated rings. The lowest BCUT2D eigenvalue weighted by Crippen LogP contribution is -2.49. The van der Waals surface area contributed by atoms with E-state index >= 15 is 0 Å². The molecule has 2 atom stereocenters. The van der Waals surface area contributed by atoms with Gasteiger partial charge >= 0.3 is 0 Å². The highest BCUT2D eigenvalue weighted by molar-refractivity contribution is 5.77. The molecule has 0 bridgehead atoms. The molecule has 1 N–H and O–H groups in total. The molecule has 0 radical (unpaired) electrons. The predicted molar refractivity (Wildman–Crippen MR) is 74.4 cm³/mol. The van der Waals surface area contributed by atoms with Gasteiger partial charge in [0.05, 0.1) is 0 Å². The maximum absolute atomic E-state index is 12.5. The molecule has 1 heterocycles. The van der Waals surface area contributed by atoms with Crippen molar-refractivity contribution in [3.8, 4) is 0 Å². The molecule has 0 saturated carbocycles. The zero-order chi connectivity index (χ0) is 12.8. The van der Waals surface area contributed by atoms with Gasteiger partial charge in [-0.15, -0.1) is 0 Å². The van der Waals surface area contributed by atoms with Crippen molar-refractivity contribution in [3.05, 3.63) is 12.2 Å². The summed E-state index contributed by atoms with van der Waals surface area (Å²) >= 11 is 0. The summed E-state index contributed by atoms with van der Waals surface area (Å²) in [5, 5.41) is 3.41. The lowest BCUT2D eigenvalue weighted by atomic mass is 10.0. The number of nitrogens with zero attached hydrogens (tertiary/aromatic N) is 1. The topological polar surface area (TPSA) is 32.3 Å². The number of hydrogen-bond donors (Lipinski definition) is 1. The number of carbonyl (C=O) groups is 1. The number of nitrogens with one attached hydrogen (secondary N) is 1. The van der Waals surface area contributed by atoms with E-state index < -0.39 is 0 Å². The summed E-state index contributed by atoms with van der Waals surface area (Å²) < 4.78 is 0. The Labute approximate surface area is 111 Å². The van der Waals surface area contributed by atoms with E-state index in [1.54, 1.807) is 0 Å². The summed E-state index contributed by atoms with van der Waals surface area (Å²) in [6, 6.07) is 0.427. The van der Waals surface area contributed by atoms with Crippen molar-refractivity contribution < 1.29 is 4.79 Å². The first kappa shape index (κ1) is 13.6. The van der Waals surface area contributed by atoms with Gasteiger partial charge < -0.3 is 10.2 Å². The van der Waals surface area contributed by atoms with Crippen molar-refractivity contribution >= 4 is 5.91 Å². The van der Waals surface area contributed by atoms with Crippen LogP contribution >= 0.6 is 0 Å². The highest BCUT2D eigenvalue weighted by Crippen LogP contribution is 2.22. The van der Waals surface area contributed by atoms with E-state index in [0.29, 0.717) is 24.3 Å². The van der Waals surface area contributed by atoms with E-state index in [0.717, 1.165) is 38.9 Å². The fraction of sp³-hybridized carbons (Fsp3) is 0.800. The first-order valence-electron chi connectivity index (χ1n) is 7.48. The second-order valence-corrected chi connectivity index (χ2v) is 5.56. The second-order valence-electron chi connectivity index (χ2n) is 5.56. The monoisotopic (exact) mass is 250 g/mol. The van der Waals surface area contributed by atoms with Crippen LogP contribution in [0, 0.1) is 5.92 Å². The van der Waals surface area contributed by atoms with E-state index in [9.17, 15) is 4.79 Å². The Morgan fingerprint density at radius 3 is 2.94 bits per heavy atom. The highest BCUT2D eigenvalue weighted by Gasteiger charge is 2.26. The third-order valence-electron chi connectivity index (χ3n) is 4.05. The summed E-state index contributed by atoms with van der Waals surface area (Å²) in [6.45, 7) is 5.16. The molecule has 1 amide bonds. The van der Waals surface area contributed by atoms with Gasteiger partial charge in [0.1, 0.15) is 0 Å². The first-order valence-corrected chi connectivity index (χ1v) is 7.48. The van der Waals surface area contributed by atoms with E-state index in [-0.39, 0.29) is 0 Å². The fourth-order valence-electron chi connectivity index (χ4n) is 3.06. The van der Waals surface area contributed by atoms with Crippen molar-refractivity contribution in [2.24, 2.45) is 5.92 Å². The van der Waals surface area contributed by atoms with Crippen molar-refractivity contribution in [2.45, 2.75) is 51.5 Å². The van der Waals surface area contributed by atoms with Crippen LogP contribution in [0.4, 0.5) is 0 Å². The molecule has 2 unspecified atom stereocenters. The fourth-order valence-corrected chi connectivity index (χ4v) is 3.06. The third kappa shape index (κ3) is 3.58. The highest BCUT2D eigenvalue weighted by atomic mass is 16.2. The Kier molecular flexibility index (Phi) is 5.24. The summed E-state index contributed by atoms with van der Waals surface area (Å²) in [6.07, 6.45) is 10.9. The maximum Gasteiger partial charge on any atom is 0.223 e. The van der Waals surface area contributed by atoms with Gasteiger partial charge in [0.15, 0.2) is 0 Å². The lowest BCUT2D eigenvalue weighted by molar-refractivity contribution is -0.134. The van der Waals surface area contributed by atoms with Gasteiger partial charge in [-0.05, 0) is 44.6 Å². The quantitative estimate of drug-likeness (QED) is 0.760. The van der Waals surface area contributed by atoms with Gasteiger partial charge in [0.2, 0.25) is 5.91 Å². The molecule has 1 saturated heterocycles. The zero-order valence-corrected chi connectivity index (χ0v) is 11.5. The van der Waals surface area contributed by atoms with Crippen LogP contribution in [0.2, 0.25) is 0 Å². The second kappa shape index (κ2) is 6.93. The minimum atomic E-state index is 0.363. The van der Waals surface area contributed by atoms with Gasteiger partial charge in [-0.2, -0.15) is 0 Å². The summed E-state index contributed by atoms with van der Waals surface area (Å²) in [4.78, 5) is 14.6. The molecule has 0 spiro atoms. The van der Waals surface area contributed by atoms with Crippen molar-refractivity contribution in [1.82, 2.24) is 10.2 Å². The smallest absolute Gasteiger partial charge is 0.223 e. The van der Waals surface area contributed by atoms with E-state index in [2.05, 4.69) is 29.3 Å². The summed E-state index contributed by atoms with van der Waals surface area (Å²) in [5.41, 5.74) is 0. The normalized spacial score (nSPS) is 27.4. The molecule has 0 aromatic heterocycles. The Morgan fingerprint density at radius 2 is 2.33 bits per heavy atom. The molecule has 2 rings (SSSR count). The summed E-state index contributed by atoms with van der Waals surface area (Å²) in [7, 11) is 0. The van der Waals surface area contributed by atoms with E-state index in [1.165, 1.54) is 12.8 Å². The maximum atomic E-state index is 12.5. The predicted octanol–water partition coefficient (Wildman–Crippen LogP) is 2.33. The molecule has 1 aliphatic carbocycles. The average Bonchev–Trinajstić information content (AvgIpc) is 2.89. The number of amides is 1. The molecule has 18 heavy (non-hydrogen) atoms. The van der Waals surface area contributed by atoms with Gasteiger partial charge in [0.25, 0.3) is 0 Å². The number of rotatable bonds is 5. The van der Waals surface area contributed by atoms with Crippen LogP contribution in [-0.4, -0.2) is 36.5 Å². The largest absolute Gasteiger partial charge is 0.338 e. The Hall–Kier alpha value is -0.830. The number of allylic oxidation sites excluding steroid dienone is 2.